The summed E-state index contributed by atoms with van der Waals surface area (Å²) in [5.41, 5.74) is 1.15. The number of amides is 1. The molecule has 104 valence electrons. The van der Waals surface area contributed by atoms with E-state index in [0.29, 0.717) is 22.6 Å². The van der Waals surface area contributed by atoms with Gasteiger partial charge in [0.2, 0.25) is 5.91 Å². The lowest BCUT2D eigenvalue weighted by Crippen LogP contribution is -2.32. The Kier molecular flexibility index (Phi) is 4.74. The summed E-state index contributed by atoms with van der Waals surface area (Å²) in [5, 5.41) is 11.6. The molecular weight excluding hydrogens is 250 g/mol. The zero-order valence-electron chi connectivity index (χ0n) is 11.3. The van der Waals surface area contributed by atoms with Crippen LogP contribution >= 0.6 is 0 Å². The van der Waals surface area contributed by atoms with Crippen molar-refractivity contribution in [3.63, 3.8) is 0 Å². The Hall–Kier alpha value is -2.24. The highest BCUT2D eigenvalue weighted by Gasteiger charge is 2.24. The Morgan fingerprint density at radius 3 is 2.16 bits per heavy atom. The predicted molar refractivity (Wildman–Crippen MR) is 68.5 cm³/mol. The van der Waals surface area contributed by atoms with Crippen molar-refractivity contribution >= 4 is 11.9 Å². The number of carbonyl (C=O) groups excluding carboxylic acids is 1. The molecule has 1 aromatic carbocycles. The molecule has 1 unspecified atom stereocenters. The highest BCUT2D eigenvalue weighted by Crippen LogP contribution is 2.33. The lowest BCUT2D eigenvalue weighted by Gasteiger charge is -2.18. The molecule has 0 aliphatic carbocycles. The molecule has 0 heterocycles. The fraction of sp³-hybridized carbons (Fsp3) is 0.385. The Morgan fingerprint density at radius 2 is 1.74 bits per heavy atom. The maximum atomic E-state index is 11.3. The molecule has 0 bridgehead atoms. The largest absolute Gasteiger partial charge is 0.493 e. The Morgan fingerprint density at radius 1 is 1.21 bits per heavy atom. The lowest BCUT2D eigenvalue weighted by atomic mass is 10.00. The van der Waals surface area contributed by atoms with E-state index in [1.165, 1.54) is 21.1 Å². The van der Waals surface area contributed by atoms with Crippen molar-refractivity contribution in [2.24, 2.45) is 0 Å². The van der Waals surface area contributed by atoms with E-state index in [1.807, 2.05) is 0 Å². The van der Waals surface area contributed by atoms with Gasteiger partial charge in [-0.1, -0.05) is 0 Å². The van der Waals surface area contributed by atoms with Gasteiger partial charge in [-0.15, -0.1) is 0 Å². The van der Waals surface area contributed by atoms with Gasteiger partial charge in [0.05, 0.1) is 14.2 Å². The zero-order chi connectivity index (χ0) is 14.6. The first-order chi connectivity index (χ1) is 8.90. The topological polar surface area (TPSA) is 84.9 Å². The maximum Gasteiger partial charge on any atom is 0.330 e. The number of carbonyl (C=O) groups is 2. The van der Waals surface area contributed by atoms with E-state index in [2.05, 4.69) is 5.32 Å². The van der Waals surface area contributed by atoms with Gasteiger partial charge >= 0.3 is 5.97 Å². The third-order valence-electron chi connectivity index (χ3n) is 2.68. The summed E-state index contributed by atoms with van der Waals surface area (Å²) in [4.78, 5) is 22.3. The van der Waals surface area contributed by atoms with Crippen LogP contribution in [0.1, 0.15) is 24.1 Å². The second kappa shape index (κ2) is 6.08. The molecule has 1 atom stereocenters. The van der Waals surface area contributed by atoms with Crippen molar-refractivity contribution in [1.29, 1.82) is 0 Å². The molecule has 0 radical (unpaired) electrons. The smallest absolute Gasteiger partial charge is 0.330 e. The van der Waals surface area contributed by atoms with Gasteiger partial charge in [0.15, 0.2) is 17.5 Å². The molecule has 1 amide bonds. The van der Waals surface area contributed by atoms with Crippen LogP contribution in [-0.4, -0.2) is 31.2 Å². The van der Waals surface area contributed by atoms with Crippen molar-refractivity contribution in [1.82, 2.24) is 5.32 Å². The summed E-state index contributed by atoms with van der Waals surface area (Å²) in [7, 11) is 2.96. The fourth-order valence-electron chi connectivity index (χ4n) is 1.78. The van der Waals surface area contributed by atoms with Crippen LogP contribution in [0.4, 0.5) is 0 Å². The minimum Gasteiger partial charge on any atom is -0.493 e. The summed E-state index contributed by atoms with van der Waals surface area (Å²) in [6.45, 7) is 3.01. The number of hydrogen-bond acceptors (Lipinski definition) is 4. The first-order valence-corrected chi connectivity index (χ1v) is 5.63. The molecule has 19 heavy (non-hydrogen) atoms. The van der Waals surface area contributed by atoms with E-state index >= 15 is 0 Å². The number of carboxylic acids is 1. The lowest BCUT2D eigenvalue weighted by molar-refractivity contribution is -0.141. The van der Waals surface area contributed by atoms with E-state index in [0.717, 1.165) is 0 Å². The standard InChI is InChI=1S/C13H17NO5/c1-7-5-10(18-3)11(19-4)6-9(7)12(13(16)17)14-8(2)15/h5-6,12H,1-4H3,(H,14,15)(H,16,17). The molecule has 0 spiro atoms. The summed E-state index contributed by atoms with van der Waals surface area (Å²) < 4.78 is 10.3. The van der Waals surface area contributed by atoms with Crippen LogP contribution in [0.3, 0.4) is 0 Å². The van der Waals surface area contributed by atoms with Gasteiger partial charge in [0.25, 0.3) is 0 Å². The minimum absolute atomic E-state index is 0.415. The van der Waals surface area contributed by atoms with Crippen molar-refractivity contribution < 1.29 is 24.2 Å². The maximum absolute atomic E-state index is 11.3. The zero-order valence-corrected chi connectivity index (χ0v) is 11.3. The second-order valence-corrected chi connectivity index (χ2v) is 4.04. The fourth-order valence-corrected chi connectivity index (χ4v) is 1.78. The monoisotopic (exact) mass is 267 g/mol. The number of benzene rings is 1. The van der Waals surface area contributed by atoms with Crippen molar-refractivity contribution in [2.45, 2.75) is 19.9 Å². The van der Waals surface area contributed by atoms with Crippen LogP contribution in [0, 0.1) is 6.92 Å². The van der Waals surface area contributed by atoms with Crippen LogP contribution in [0.5, 0.6) is 11.5 Å². The number of aliphatic carboxylic acids is 1. The van der Waals surface area contributed by atoms with Crippen LogP contribution in [0.25, 0.3) is 0 Å². The van der Waals surface area contributed by atoms with Gasteiger partial charge < -0.3 is 19.9 Å². The van der Waals surface area contributed by atoms with Crippen LogP contribution < -0.4 is 14.8 Å². The van der Waals surface area contributed by atoms with E-state index in [1.54, 1.807) is 19.1 Å². The number of carboxylic acid groups (broad SMARTS) is 1. The second-order valence-electron chi connectivity index (χ2n) is 4.04. The molecule has 0 aliphatic rings. The summed E-state index contributed by atoms with van der Waals surface area (Å²) >= 11 is 0. The van der Waals surface area contributed by atoms with Gasteiger partial charge in [0, 0.05) is 6.92 Å². The highest BCUT2D eigenvalue weighted by molar-refractivity contribution is 5.83. The van der Waals surface area contributed by atoms with E-state index in [4.69, 9.17) is 9.47 Å². The molecule has 0 aromatic heterocycles. The van der Waals surface area contributed by atoms with Crippen molar-refractivity contribution in [3.05, 3.63) is 23.3 Å². The number of aryl methyl sites for hydroxylation is 1. The Labute approximate surface area is 111 Å². The van der Waals surface area contributed by atoms with Gasteiger partial charge in [-0.25, -0.2) is 4.79 Å². The van der Waals surface area contributed by atoms with Crippen molar-refractivity contribution in [3.8, 4) is 11.5 Å². The molecule has 1 rings (SSSR count). The molecule has 1 aromatic rings. The van der Waals surface area contributed by atoms with E-state index in [9.17, 15) is 14.7 Å². The number of nitrogens with one attached hydrogen (secondary N) is 1. The predicted octanol–water partition coefficient (Wildman–Crippen LogP) is 1.27. The molecule has 0 saturated heterocycles. The molecular formula is C13H17NO5. The van der Waals surface area contributed by atoms with Crippen LogP contribution in [0.2, 0.25) is 0 Å². The van der Waals surface area contributed by atoms with E-state index < -0.39 is 17.9 Å². The number of hydrogen-bond donors (Lipinski definition) is 2. The third kappa shape index (κ3) is 3.37. The van der Waals surface area contributed by atoms with Gasteiger partial charge in [0.1, 0.15) is 0 Å². The molecule has 0 fully saturated rings. The molecule has 0 aliphatic heterocycles. The van der Waals surface area contributed by atoms with Crippen LogP contribution in [-0.2, 0) is 9.59 Å². The number of ether oxygens (including phenoxy) is 2. The quantitative estimate of drug-likeness (QED) is 0.839. The first-order valence-electron chi connectivity index (χ1n) is 5.63. The van der Waals surface area contributed by atoms with Crippen molar-refractivity contribution in [2.75, 3.05) is 14.2 Å². The summed E-state index contributed by atoms with van der Waals surface area (Å²) in [6, 6.07) is 2.12. The molecule has 2 N–H and O–H groups in total. The third-order valence-corrected chi connectivity index (χ3v) is 2.68. The highest BCUT2D eigenvalue weighted by atomic mass is 16.5. The average Bonchev–Trinajstić information content (AvgIpc) is 2.35. The van der Waals surface area contributed by atoms with Gasteiger partial charge in [-0.3, -0.25) is 4.79 Å². The average molecular weight is 267 g/mol. The van der Waals surface area contributed by atoms with Gasteiger partial charge in [-0.2, -0.15) is 0 Å². The first kappa shape index (κ1) is 14.8. The number of methoxy groups -OCH3 is 2. The Balaban J connectivity index is 3.30. The summed E-state index contributed by atoms with van der Waals surface area (Å²) in [5.74, 6) is -0.623. The van der Waals surface area contributed by atoms with E-state index in [-0.39, 0.29) is 0 Å². The van der Waals surface area contributed by atoms with Crippen LogP contribution in [0.15, 0.2) is 12.1 Å². The Bertz CT molecular complexity index is 498. The number of rotatable bonds is 5. The van der Waals surface area contributed by atoms with Gasteiger partial charge in [-0.05, 0) is 30.2 Å². The normalized spacial score (nSPS) is 11.6. The SMILES string of the molecule is COc1cc(C)c(C(NC(C)=O)C(=O)O)cc1OC. The molecule has 6 heteroatoms. The minimum atomic E-state index is -1.13. The molecule has 0 saturated carbocycles. The summed E-state index contributed by atoms with van der Waals surface area (Å²) in [6.07, 6.45) is 0. The molecule has 6 nitrogen and oxygen atoms in total.